The number of carbonyl (C=O) groups is 2. The first-order valence-electron chi connectivity index (χ1n) is 13.7. The van der Waals surface area contributed by atoms with E-state index in [4.69, 9.17) is 19.0 Å². The van der Waals surface area contributed by atoms with Crippen molar-refractivity contribution in [3.8, 4) is 11.3 Å². The van der Waals surface area contributed by atoms with Gasteiger partial charge in [-0.1, -0.05) is 12.1 Å². The molecule has 9 heteroatoms. The molecule has 1 fully saturated rings. The Morgan fingerprint density at radius 3 is 2.46 bits per heavy atom. The Balaban J connectivity index is 1.19. The molecule has 1 amide bonds. The molecule has 4 aromatic rings. The number of ether oxygens (including phenoxy) is 2. The number of furan rings is 1. The summed E-state index contributed by atoms with van der Waals surface area (Å²) < 4.78 is 31.1. The molecule has 5 rings (SSSR count). The van der Waals surface area contributed by atoms with Crippen LogP contribution < -0.4 is 10.6 Å². The number of fused-ring (bicyclic) bond motifs is 1. The van der Waals surface area contributed by atoms with Crippen LogP contribution in [0.4, 0.5) is 10.1 Å². The highest BCUT2D eigenvalue weighted by molar-refractivity contribution is 6.11. The van der Waals surface area contributed by atoms with E-state index < -0.39 is 5.97 Å². The predicted octanol–water partition coefficient (Wildman–Crippen LogP) is 6.13. The molecule has 1 aliphatic rings. The smallest absolute Gasteiger partial charge is 0.335 e. The van der Waals surface area contributed by atoms with E-state index in [1.807, 2.05) is 18.2 Å². The lowest BCUT2D eigenvalue weighted by Crippen LogP contribution is -2.18. The van der Waals surface area contributed by atoms with Gasteiger partial charge in [-0.25, -0.2) is 9.18 Å². The van der Waals surface area contributed by atoms with Crippen LogP contribution in [0, 0.1) is 12.7 Å². The van der Waals surface area contributed by atoms with Crippen molar-refractivity contribution in [1.82, 2.24) is 5.32 Å². The molecule has 0 radical (unpaired) electrons. The van der Waals surface area contributed by atoms with Crippen LogP contribution in [0.1, 0.15) is 56.2 Å². The molecule has 214 valence electrons. The van der Waals surface area contributed by atoms with Crippen molar-refractivity contribution in [2.45, 2.75) is 32.3 Å². The molecule has 0 bridgehead atoms. The molecule has 1 heterocycles. The number of hydrogen-bond acceptors (Lipinski definition) is 6. The fourth-order valence-corrected chi connectivity index (χ4v) is 4.92. The Kier molecular flexibility index (Phi) is 8.66. The Labute approximate surface area is 237 Å². The van der Waals surface area contributed by atoms with Gasteiger partial charge in [0.05, 0.1) is 37.6 Å². The summed E-state index contributed by atoms with van der Waals surface area (Å²) in [6.45, 7) is 4.05. The Morgan fingerprint density at radius 2 is 1.78 bits per heavy atom. The number of aromatic carboxylic acids is 1. The third-order valence-corrected chi connectivity index (χ3v) is 7.16. The summed E-state index contributed by atoms with van der Waals surface area (Å²) in [5, 5.41) is 16.0. The van der Waals surface area contributed by atoms with E-state index in [9.17, 15) is 14.0 Å². The third kappa shape index (κ3) is 6.58. The summed E-state index contributed by atoms with van der Waals surface area (Å²) in [6, 6.07) is 15.1. The van der Waals surface area contributed by atoms with Crippen molar-refractivity contribution >= 4 is 28.5 Å². The highest BCUT2D eigenvalue weighted by atomic mass is 19.1. The second-order valence-electron chi connectivity index (χ2n) is 10.1. The Bertz CT molecular complexity index is 1560. The highest BCUT2D eigenvalue weighted by Crippen LogP contribution is 2.46. The van der Waals surface area contributed by atoms with Crippen molar-refractivity contribution in [3.05, 3.63) is 88.2 Å². The van der Waals surface area contributed by atoms with Crippen molar-refractivity contribution in [3.63, 3.8) is 0 Å². The van der Waals surface area contributed by atoms with Gasteiger partial charge < -0.3 is 29.6 Å². The van der Waals surface area contributed by atoms with Crippen LogP contribution in [0.3, 0.4) is 0 Å². The van der Waals surface area contributed by atoms with E-state index in [-0.39, 0.29) is 11.7 Å². The van der Waals surface area contributed by atoms with Crippen LogP contribution in [-0.4, -0.2) is 50.4 Å². The molecule has 3 N–H and O–H groups in total. The SMILES string of the molecule is CNC(=O)c1c(-c2ccc(F)cc2)oc2cc(NCCOCCOCc3ccc(C(=O)O)c(C)c3)c(C3CC3)cc12. The molecule has 3 aromatic carbocycles. The molecule has 0 saturated heterocycles. The maximum atomic E-state index is 13.5. The first-order chi connectivity index (χ1) is 19.9. The number of benzene rings is 3. The summed E-state index contributed by atoms with van der Waals surface area (Å²) in [6.07, 6.45) is 2.18. The van der Waals surface area contributed by atoms with Gasteiger partial charge in [0.25, 0.3) is 5.91 Å². The zero-order valence-electron chi connectivity index (χ0n) is 23.1. The largest absolute Gasteiger partial charge is 0.478 e. The number of carboxylic acid groups (broad SMARTS) is 1. The van der Waals surface area contributed by atoms with Gasteiger partial charge in [-0.05, 0) is 78.8 Å². The van der Waals surface area contributed by atoms with Crippen LogP contribution in [0.2, 0.25) is 0 Å². The quantitative estimate of drug-likeness (QED) is 0.169. The van der Waals surface area contributed by atoms with Gasteiger partial charge in [-0.3, -0.25) is 4.79 Å². The standard InChI is InChI=1S/C32H33FN2O6/c1-19-15-20(3-10-24(19)32(37)38)18-40-14-13-39-12-11-35-27-17-28-26(16-25(27)21-4-5-21)29(31(36)34-2)30(41-28)22-6-8-23(33)9-7-22/h3,6-10,15-17,21,35H,4-5,11-14,18H2,1-2H3,(H,34,36)(H,37,38). The molecule has 8 nitrogen and oxygen atoms in total. The molecule has 0 spiro atoms. The van der Waals surface area contributed by atoms with Gasteiger partial charge in [0.1, 0.15) is 17.2 Å². The van der Waals surface area contributed by atoms with E-state index >= 15 is 0 Å². The average Bonchev–Trinajstić information content (AvgIpc) is 3.74. The van der Waals surface area contributed by atoms with Gasteiger partial charge in [0, 0.05) is 36.3 Å². The second kappa shape index (κ2) is 12.5. The lowest BCUT2D eigenvalue weighted by molar-refractivity contribution is 0.0441. The van der Waals surface area contributed by atoms with Gasteiger partial charge in [0.2, 0.25) is 0 Å². The zero-order valence-corrected chi connectivity index (χ0v) is 23.1. The minimum Gasteiger partial charge on any atom is -0.478 e. The highest BCUT2D eigenvalue weighted by Gasteiger charge is 2.29. The number of carboxylic acids is 1. The van der Waals surface area contributed by atoms with Crippen LogP contribution in [0.25, 0.3) is 22.3 Å². The number of carbonyl (C=O) groups excluding carboxylic acids is 1. The number of halogens is 1. The minimum absolute atomic E-state index is 0.256. The summed E-state index contributed by atoms with van der Waals surface area (Å²) in [5.41, 5.74) is 5.65. The van der Waals surface area contributed by atoms with Crippen molar-refractivity contribution in [2.75, 3.05) is 38.7 Å². The number of amides is 1. The third-order valence-electron chi connectivity index (χ3n) is 7.16. The number of aryl methyl sites for hydroxylation is 1. The van der Waals surface area contributed by atoms with Crippen LogP contribution in [0.15, 0.2) is 59.0 Å². The lowest BCUT2D eigenvalue weighted by atomic mass is 10.0. The van der Waals surface area contributed by atoms with E-state index in [2.05, 4.69) is 10.6 Å². The van der Waals surface area contributed by atoms with Crippen LogP contribution in [0.5, 0.6) is 0 Å². The van der Waals surface area contributed by atoms with Gasteiger partial charge in [-0.2, -0.15) is 0 Å². The summed E-state index contributed by atoms with van der Waals surface area (Å²) in [5.74, 6) is -0.715. The zero-order chi connectivity index (χ0) is 28.9. The molecule has 1 saturated carbocycles. The topological polar surface area (TPSA) is 110 Å². The van der Waals surface area contributed by atoms with Crippen LogP contribution in [-0.2, 0) is 16.1 Å². The predicted molar refractivity (Wildman–Crippen MR) is 154 cm³/mol. The maximum absolute atomic E-state index is 13.5. The van der Waals surface area contributed by atoms with Gasteiger partial charge in [-0.15, -0.1) is 0 Å². The molecule has 41 heavy (non-hydrogen) atoms. The van der Waals surface area contributed by atoms with Crippen LogP contribution >= 0.6 is 0 Å². The van der Waals surface area contributed by atoms with E-state index in [0.29, 0.717) is 72.5 Å². The Hall–Kier alpha value is -4.21. The molecule has 1 aromatic heterocycles. The normalized spacial score (nSPS) is 13.0. The molecular formula is C32H33FN2O6. The van der Waals surface area contributed by atoms with Crippen molar-refractivity contribution in [1.29, 1.82) is 0 Å². The van der Waals surface area contributed by atoms with Gasteiger partial charge in [0.15, 0.2) is 0 Å². The number of rotatable bonds is 13. The maximum Gasteiger partial charge on any atom is 0.335 e. The fourth-order valence-electron chi connectivity index (χ4n) is 4.92. The number of hydrogen-bond donors (Lipinski definition) is 3. The Morgan fingerprint density at radius 1 is 1.02 bits per heavy atom. The molecular weight excluding hydrogens is 527 g/mol. The second-order valence-corrected chi connectivity index (χ2v) is 10.1. The summed E-state index contributed by atoms with van der Waals surface area (Å²) >= 11 is 0. The number of anilines is 1. The number of nitrogens with one attached hydrogen (secondary N) is 2. The first kappa shape index (κ1) is 28.3. The fraction of sp³-hybridized carbons (Fsp3) is 0.312. The molecule has 0 atom stereocenters. The molecule has 0 aliphatic heterocycles. The van der Waals surface area contributed by atoms with Crippen molar-refractivity contribution in [2.24, 2.45) is 0 Å². The molecule has 1 aliphatic carbocycles. The average molecular weight is 561 g/mol. The summed E-state index contributed by atoms with van der Waals surface area (Å²) in [7, 11) is 1.58. The van der Waals surface area contributed by atoms with E-state index in [0.717, 1.165) is 35.0 Å². The summed E-state index contributed by atoms with van der Waals surface area (Å²) in [4.78, 5) is 24.0. The van der Waals surface area contributed by atoms with E-state index in [1.165, 1.54) is 12.1 Å². The monoisotopic (exact) mass is 560 g/mol. The minimum atomic E-state index is -0.936. The lowest BCUT2D eigenvalue weighted by Gasteiger charge is -2.13. The van der Waals surface area contributed by atoms with E-state index in [1.54, 1.807) is 38.2 Å². The van der Waals surface area contributed by atoms with Crippen molar-refractivity contribution < 1.29 is 33.0 Å². The first-order valence-corrected chi connectivity index (χ1v) is 13.7. The molecule has 0 unspecified atom stereocenters. The van der Waals surface area contributed by atoms with Gasteiger partial charge >= 0.3 is 5.97 Å².